The Labute approximate surface area is 175 Å². The van der Waals surface area contributed by atoms with Gasteiger partial charge in [-0.15, -0.1) is 11.3 Å². The van der Waals surface area contributed by atoms with Crippen molar-refractivity contribution in [2.75, 3.05) is 5.32 Å². The largest absolute Gasteiger partial charge is 0.311 e. The average Bonchev–Trinajstić information content (AvgIpc) is 3.13. The number of thiazole rings is 1. The van der Waals surface area contributed by atoms with Crippen LogP contribution in [0.25, 0.3) is 21.7 Å². The molecule has 6 heteroatoms. The van der Waals surface area contributed by atoms with Gasteiger partial charge < -0.3 is 5.32 Å². The van der Waals surface area contributed by atoms with Crippen LogP contribution in [-0.4, -0.2) is 15.9 Å². The molecule has 0 spiro atoms. The van der Waals surface area contributed by atoms with Gasteiger partial charge >= 0.3 is 0 Å². The van der Waals surface area contributed by atoms with Gasteiger partial charge in [0.1, 0.15) is 5.82 Å². The lowest BCUT2D eigenvalue weighted by Gasteiger charge is -2.07. The smallest absolute Gasteiger partial charge is 0.225 e. The number of benzene rings is 1. The number of aryl methyl sites for hydroxylation is 1. The summed E-state index contributed by atoms with van der Waals surface area (Å²) in [6.45, 7) is 4.22. The van der Waals surface area contributed by atoms with E-state index in [1.807, 2.05) is 36.4 Å². The van der Waals surface area contributed by atoms with Crippen molar-refractivity contribution < 1.29 is 4.79 Å². The van der Waals surface area contributed by atoms with E-state index in [-0.39, 0.29) is 5.91 Å². The number of anilines is 1. The molecule has 0 fully saturated rings. The minimum atomic E-state index is 0.00622. The number of carbonyl (C=O) groups excluding carboxylic acids is 1. The summed E-state index contributed by atoms with van der Waals surface area (Å²) in [7, 11) is 0. The van der Waals surface area contributed by atoms with Crippen LogP contribution >= 0.6 is 22.9 Å². The first-order valence-corrected chi connectivity index (χ1v) is 10.8. The molecule has 0 aliphatic heterocycles. The summed E-state index contributed by atoms with van der Waals surface area (Å²) >= 11 is 7.85. The summed E-state index contributed by atoms with van der Waals surface area (Å²) in [6.07, 6.45) is 6.17. The zero-order valence-electron chi connectivity index (χ0n) is 16.2. The number of hydrogen-bond donors (Lipinski definition) is 1. The van der Waals surface area contributed by atoms with Crippen LogP contribution in [0.3, 0.4) is 0 Å². The number of nitrogens with zero attached hydrogens (tertiary/aromatic N) is 2. The lowest BCUT2D eigenvalue weighted by molar-refractivity contribution is -0.116. The van der Waals surface area contributed by atoms with E-state index >= 15 is 0 Å². The van der Waals surface area contributed by atoms with Gasteiger partial charge in [0.05, 0.1) is 15.6 Å². The second-order valence-electron chi connectivity index (χ2n) is 6.58. The van der Waals surface area contributed by atoms with Gasteiger partial charge in [0, 0.05) is 23.2 Å². The summed E-state index contributed by atoms with van der Waals surface area (Å²) in [5.74, 6) is 0.578. The zero-order valence-corrected chi connectivity index (χ0v) is 17.7. The van der Waals surface area contributed by atoms with E-state index in [2.05, 4.69) is 24.1 Å². The molecule has 1 N–H and O–H groups in total. The molecule has 0 saturated carbocycles. The van der Waals surface area contributed by atoms with Gasteiger partial charge in [-0.1, -0.05) is 50.4 Å². The second-order valence-corrected chi connectivity index (χ2v) is 8.10. The number of unbranched alkanes of at least 4 members (excludes halogenated alkanes) is 2. The number of halogens is 1. The molecule has 2 aromatic heterocycles. The van der Waals surface area contributed by atoms with E-state index in [1.54, 1.807) is 17.5 Å². The van der Waals surface area contributed by atoms with Gasteiger partial charge in [-0.2, -0.15) is 0 Å². The highest BCUT2D eigenvalue weighted by Crippen LogP contribution is 2.38. The van der Waals surface area contributed by atoms with Crippen LogP contribution in [0.2, 0.25) is 5.02 Å². The third kappa shape index (κ3) is 5.18. The molecule has 0 aliphatic carbocycles. The number of rotatable bonds is 8. The maximum absolute atomic E-state index is 12.1. The number of aromatic nitrogens is 2. The summed E-state index contributed by atoms with van der Waals surface area (Å²) in [5, 5.41) is 4.66. The topological polar surface area (TPSA) is 54.9 Å². The molecule has 3 aromatic rings. The van der Waals surface area contributed by atoms with Crippen LogP contribution in [0, 0.1) is 0 Å². The Morgan fingerprint density at radius 3 is 2.75 bits per heavy atom. The van der Waals surface area contributed by atoms with Crippen LogP contribution in [-0.2, 0) is 11.2 Å². The van der Waals surface area contributed by atoms with Gasteiger partial charge in [0.25, 0.3) is 0 Å². The van der Waals surface area contributed by atoms with Gasteiger partial charge in [0.2, 0.25) is 5.91 Å². The van der Waals surface area contributed by atoms with E-state index in [0.717, 1.165) is 52.4 Å². The highest BCUT2D eigenvalue weighted by atomic mass is 35.5. The van der Waals surface area contributed by atoms with Crippen molar-refractivity contribution in [3.05, 3.63) is 52.6 Å². The van der Waals surface area contributed by atoms with Crippen molar-refractivity contribution in [1.82, 2.24) is 9.97 Å². The minimum absolute atomic E-state index is 0.00622. The Morgan fingerprint density at radius 2 is 2.00 bits per heavy atom. The standard InChI is InChI=1S/C22H24ClN3OS/c1-3-5-6-10-19(27)25-18-14-16(11-12-24-18)22-21(26-20(4-2)28-22)15-8-7-9-17(23)13-15/h7-9,11-14H,3-6,10H2,1-2H3,(H,24,25,27). The first-order valence-electron chi connectivity index (χ1n) is 9.62. The molecule has 1 aromatic carbocycles. The van der Waals surface area contributed by atoms with Gasteiger partial charge in [0.15, 0.2) is 0 Å². The molecule has 3 rings (SSSR count). The third-order valence-electron chi connectivity index (χ3n) is 4.37. The molecular formula is C22H24ClN3OS. The summed E-state index contributed by atoms with van der Waals surface area (Å²) in [6, 6.07) is 11.6. The van der Waals surface area contributed by atoms with Crippen molar-refractivity contribution in [3.63, 3.8) is 0 Å². The quantitative estimate of drug-likeness (QED) is 0.423. The van der Waals surface area contributed by atoms with E-state index in [0.29, 0.717) is 17.3 Å². The maximum atomic E-state index is 12.1. The van der Waals surface area contributed by atoms with Crippen molar-refractivity contribution in [2.24, 2.45) is 0 Å². The Kier molecular flexibility index (Phi) is 7.18. The van der Waals surface area contributed by atoms with Gasteiger partial charge in [-0.25, -0.2) is 9.97 Å². The summed E-state index contributed by atoms with van der Waals surface area (Å²) in [5.41, 5.74) is 2.89. The first kappa shape index (κ1) is 20.5. The molecular weight excluding hydrogens is 390 g/mol. The van der Waals surface area contributed by atoms with Crippen LogP contribution in [0.4, 0.5) is 5.82 Å². The lowest BCUT2D eigenvalue weighted by Crippen LogP contribution is -2.12. The van der Waals surface area contributed by atoms with Crippen LogP contribution in [0.5, 0.6) is 0 Å². The zero-order chi connectivity index (χ0) is 19.9. The highest BCUT2D eigenvalue weighted by Gasteiger charge is 2.15. The Bertz CT molecular complexity index is 954. The van der Waals surface area contributed by atoms with Crippen molar-refractivity contribution in [3.8, 4) is 21.7 Å². The summed E-state index contributed by atoms with van der Waals surface area (Å²) < 4.78 is 0. The molecule has 28 heavy (non-hydrogen) atoms. The fourth-order valence-corrected chi connectivity index (χ4v) is 4.14. The number of carbonyl (C=O) groups is 1. The number of pyridine rings is 1. The average molecular weight is 414 g/mol. The first-order chi connectivity index (χ1) is 13.6. The molecule has 0 radical (unpaired) electrons. The van der Waals surface area contributed by atoms with Crippen molar-refractivity contribution >= 4 is 34.7 Å². The normalized spacial score (nSPS) is 10.8. The Balaban J connectivity index is 1.89. The van der Waals surface area contributed by atoms with Crippen LogP contribution in [0.1, 0.15) is 44.5 Å². The van der Waals surface area contributed by atoms with Crippen molar-refractivity contribution in [2.45, 2.75) is 46.0 Å². The van der Waals surface area contributed by atoms with Gasteiger partial charge in [-0.05, 0) is 42.7 Å². The predicted molar refractivity (Wildman–Crippen MR) is 118 cm³/mol. The Hall–Kier alpha value is -2.24. The SMILES string of the molecule is CCCCCC(=O)Nc1cc(-c2sc(CC)nc2-c2cccc(Cl)c2)ccn1. The van der Waals surface area contributed by atoms with Gasteiger partial charge in [-0.3, -0.25) is 4.79 Å². The fraction of sp³-hybridized carbons (Fsp3) is 0.318. The molecule has 0 saturated heterocycles. The monoisotopic (exact) mass is 413 g/mol. The highest BCUT2D eigenvalue weighted by molar-refractivity contribution is 7.15. The number of hydrogen-bond acceptors (Lipinski definition) is 4. The minimum Gasteiger partial charge on any atom is -0.311 e. The Morgan fingerprint density at radius 1 is 1.14 bits per heavy atom. The third-order valence-corrected chi connectivity index (χ3v) is 5.85. The van der Waals surface area contributed by atoms with Crippen molar-refractivity contribution in [1.29, 1.82) is 0 Å². The summed E-state index contributed by atoms with van der Waals surface area (Å²) in [4.78, 5) is 22.3. The molecule has 0 aliphatic rings. The second kappa shape index (κ2) is 9.80. The molecule has 0 unspecified atom stereocenters. The van der Waals surface area contributed by atoms with Crippen LogP contribution in [0.15, 0.2) is 42.6 Å². The van der Waals surface area contributed by atoms with E-state index < -0.39 is 0 Å². The van der Waals surface area contributed by atoms with E-state index in [4.69, 9.17) is 16.6 Å². The lowest BCUT2D eigenvalue weighted by atomic mass is 10.1. The molecule has 2 heterocycles. The molecule has 1 amide bonds. The molecule has 0 bridgehead atoms. The van der Waals surface area contributed by atoms with E-state index in [1.165, 1.54) is 0 Å². The number of nitrogens with one attached hydrogen (secondary N) is 1. The van der Waals surface area contributed by atoms with Crippen LogP contribution < -0.4 is 5.32 Å². The van der Waals surface area contributed by atoms with E-state index in [9.17, 15) is 4.79 Å². The predicted octanol–water partition coefficient (Wildman–Crippen LogP) is 6.61. The molecule has 4 nitrogen and oxygen atoms in total. The molecule has 146 valence electrons. The number of amides is 1. The fourth-order valence-electron chi connectivity index (χ4n) is 2.92. The maximum Gasteiger partial charge on any atom is 0.225 e. The molecule has 0 atom stereocenters.